The van der Waals surface area contributed by atoms with E-state index in [4.69, 9.17) is 0 Å². The molecule has 0 amide bonds. The van der Waals surface area contributed by atoms with Crippen molar-refractivity contribution < 1.29 is 0 Å². The molecule has 5 heteroatoms. The molecule has 80 valence electrons. The molecule has 16 heavy (non-hydrogen) atoms. The van der Waals surface area contributed by atoms with Crippen LogP contribution in [0, 0.1) is 6.92 Å². The molecular formula is C11H8BrN3S. The fraction of sp³-hybridized carbons (Fsp3) is 0.0909. The minimum atomic E-state index is 1.01. The van der Waals surface area contributed by atoms with Crippen molar-refractivity contribution in [1.29, 1.82) is 0 Å². The number of halogens is 1. The van der Waals surface area contributed by atoms with Crippen LogP contribution >= 0.6 is 27.3 Å². The van der Waals surface area contributed by atoms with Crippen molar-refractivity contribution in [2.45, 2.75) is 6.92 Å². The van der Waals surface area contributed by atoms with Gasteiger partial charge in [0, 0.05) is 10.2 Å². The van der Waals surface area contributed by atoms with E-state index in [0.29, 0.717) is 0 Å². The molecule has 0 aliphatic heterocycles. The summed E-state index contributed by atoms with van der Waals surface area (Å²) < 4.78 is 2.27. The van der Waals surface area contributed by atoms with E-state index in [0.717, 1.165) is 26.3 Å². The highest BCUT2D eigenvalue weighted by Gasteiger charge is 2.09. The molecule has 2 aromatic heterocycles. The molecule has 3 rings (SSSR count). The molecule has 0 saturated heterocycles. The number of hydrogen-bond acceptors (Lipinski definition) is 3. The predicted octanol–water partition coefficient (Wildman–Crippen LogP) is 3.76. The van der Waals surface area contributed by atoms with Gasteiger partial charge in [0.25, 0.3) is 0 Å². The van der Waals surface area contributed by atoms with Crippen molar-refractivity contribution >= 4 is 37.5 Å². The summed E-state index contributed by atoms with van der Waals surface area (Å²) in [6.07, 6.45) is 1.82. The molecule has 1 N–H and O–H groups in total. The maximum Gasteiger partial charge on any atom is 0.128 e. The maximum absolute atomic E-state index is 4.59. The summed E-state index contributed by atoms with van der Waals surface area (Å²) in [5, 5.41) is 7.96. The highest BCUT2D eigenvalue weighted by Crippen LogP contribution is 2.32. The third kappa shape index (κ3) is 1.56. The Kier molecular flexibility index (Phi) is 2.29. The number of aryl methyl sites for hydroxylation is 1. The van der Waals surface area contributed by atoms with Crippen molar-refractivity contribution in [3.05, 3.63) is 34.6 Å². The molecule has 3 aromatic rings. The molecule has 1 aromatic carbocycles. The smallest absolute Gasteiger partial charge is 0.128 e. The zero-order chi connectivity index (χ0) is 11.1. The van der Waals surface area contributed by atoms with Crippen LogP contribution < -0.4 is 0 Å². The third-order valence-corrected chi connectivity index (χ3v) is 3.96. The fourth-order valence-electron chi connectivity index (χ4n) is 1.58. The van der Waals surface area contributed by atoms with E-state index in [2.05, 4.69) is 37.2 Å². The van der Waals surface area contributed by atoms with Gasteiger partial charge in [-0.2, -0.15) is 5.10 Å². The Morgan fingerprint density at radius 3 is 3.00 bits per heavy atom. The van der Waals surface area contributed by atoms with Gasteiger partial charge in [-0.05, 0) is 25.1 Å². The lowest BCUT2D eigenvalue weighted by atomic mass is 10.3. The summed E-state index contributed by atoms with van der Waals surface area (Å²) >= 11 is 5.15. The van der Waals surface area contributed by atoms with Crippen LogP contribution in [0.25, 0.3) is 20.8 Å². The molecule has 0 spiro atoms. The number of benzene rings is 1. The SMILES string of the molecule is Cc1[nH]ncc1-c1nc2ccc(Br)cc2s1. The normalized spacial score (nSPS) is 11.1. The lowest BCUT2D eigenvalue weighted by molar-refractivity contribution is 1.05. The number of nitrogens with one attached hydrogen (secondary N) is 1. The zero-order valence-electron chi connectivity index (χ0n) is 8.49. The van der Waals surface area contributed by atoms with Gasteiger partial charge in [-0.15, -0.1) is 11.3 Å². The van der Waals surface area contributed by atoms with Gasteiger partial charge in [0.15, 0.2) is 0 Å². The maximum atomic E-state index is 4.59. The fourth-order valence-corrected chi connectivity index (χ4v) is 3.16. The third-order valence-electron chi connectivity index (χ3n) is 2.41. The number of hydrogen-bond donors (Lipinski definition) is 1. The molecule has 0 atom stereocenters. The minimum absolute atomic E-state index is 1.01. The molecular weight excluding hydrogens is 286 g/mol. The Morgan fingerprint density at radius 2 is 2.25 bits per heavy atom. The summed E-state index contributed by atoms with van der Waals surface area (Å²) in [6.45, 7) is 2.00. The van der Waals surface area contributed by atoms with Crippen LogP contribution in [0.3, 0.4) is 0 Å². The van der Waals surface area contributed by atoms with Gasteiger partial charge in [0.05, 0.1) is 22.0 Å². The number of H-pyrrole nitrogens is 1. The lowest BCUT2D eigenvalue weighted by Crippen LogP contribution is -1.76. The summed E-state index contributed by atoms with van der Waals surface area (Å²) in [5.41, 5.74) is 3.17. The van der Waals surface area contributed by atoms with Gasteiger partial charge in [-0.3, -0.25) is 5.10 Å². The van der Waals surface area contributed by atoms with Crippen LogP contribution in [0.5, 0.6) is 0 Å². The van der Waals surface area contributed by atoms with E-state index in [1.807, 2.05) is 25.3 Å². The summed E-state index contributed by atoms with van der Waals surface area (Å²) in [5.74, 6) is 0. The van der Waals surface area contributed by atoms with Crippen LogP contribution in [0.2, 0.25) is 0 Å². The largest absolute Gasteiger partial charge is 0.282 e. The number of thiazole rings is 1. The van der Waals surface area contributed by atoms with Crippen LogP contribution in [-0.2, 0) is 0 Å². The predicted molar refractivity (Wildman–Crippen MR) is 69.6 cm³/mol. The first kappa shape index (κ1) is 9.99. The minimum Gasteiger partial charge on any atom is -0.282 e. The number of fused-ring (bicyclic) bond motifs is 1. The van der Waals surface area contributed by atoms with E-state index in [1.54, 1.807) is 11.3 Å². The van der Waals surface area contributed by atoms with Crippen molar-refractivity contribution in [2.24, 2.45) is 0 Å². The average Bonchev–Trinajstić information content (AvgIpc) is 2.82. The Bertz CT molecular complexity index is 656. The first-order valence-corrected chi connectivity index (χ1v) is 6.41. The van der Waals surface area contributed by atoms with E-state index in [-0.39, 0.29) is 0 Å². The lowest BCUT2D eigenvalue weighted by Gasteiger charge is -1.89. The molecule has 3 nitrogen and oxygen atoms in total. The van der Waals surface area contributed by atoms with E-state index < -0.39 is 0 Å². The second-order valence-electron chi connectivity index (χ2n) is 3.54. The molecule has 2 heterocycles. The summed E-state index contributed by atoms with van der Waals surface area (Å²) in [6, 6.07) is 6.12. The van der Waals surface area contributed by atoms with Gasteiger partial charge in [0.2, 0.25) is 0 Å². The zero-order valence-corrected chi connectivity index (χ0v) is 10.9. The first-order valence-electron chi connectivity index (χ1n) is 4.80. The molecule has 0 bridgehead atoms. The van der Waals surface area contributed by atoms with Gasteiger partial charge < -0.3 is 0 Å². The monoisotopic (exact) mass is 293 g/mol. The second-order valence-corrected chi connectivity index (χ2v) is 5.49. The summed E-state index contributed by atoms with van der Waals surface area (Å²) in [7, 11) is 0. The van der Waals surface area contributed by atoms with Crippen molar-refractivity contribution in [2.75, 3.05) is 0 Å². The molecule has 0 aliphatic rings. The quantitative estimate of drug-likeness (QED) is 0.742. The standard InChI is InChI=1S/C11H8BrN3S/c1-6-8(5-13-15-6)11-14-9-3-2-7(12)4-10(9)16-11/h2-5H,1H3,(H,13,15). The number of rotatable bonds is 1. The van der Waals surface area contributed by atoms with Gasteiger partial charge in [-0.25, -0.2) is 4.98 Å². The number of aromatic nitrogens is 3. The van der Waals surface area contributed by atoms with Crippen LogP contribution in [0.4, 0.5) is 0 Å². The molecule has 0 aliphatic carbocycles. The van der Waals surface area contributed by atoms with E-state index >= 15 is 0 Å². The van der Waals surface area contributed by atoms with Gasteiger partial charge in [0.1, 0.15) is 5.01 Å². The van der Waals surface area contributed by atoms with E-state index in [1.165, 1.54) is 4.70 Å². The highest BCUT2D eigenvalue weighted by molar-refractivity contribution is 9.10. The second kappa shape index (κ2) is 3.68. The number of aromatic amines is 1. The Balaban J connectivity index is 2.23. The number of nitrogens with zero attached hydrogens (tertiary/aromatic N) is 2. The molecule has 0 unspecified atom stereocenters. The molecule has 0 fully saturated rings. The van der Waals surface area contributed by atoms with Gasteiger partial charge in [-0.1, -0.05) is 15.9 Å². The van der Waals surface area contributed by atoms with Crippen molar-refractivity contribution in [3.8, 4) is 10.6 Å². The Morgan fingerprint density at radius 1 is 1.38 bits per heavy atom. The molecule has 0 saturated carbocycles. The van der Waals surface area contributed by atoms with Gasteiger partial charge >= 0.3 is 0 Å². The Hall–Kier alpha value is -1.20. The highest BCUT2D eigenvalue weighted by atomic mass is 79.9. The topological polar surface area (TPSA) is 41.6 Å². The van der Waals surface area contributed by atoms with Crippen molar-refractivity contribution in [3.63, 3.8) is 0 Å². The Labute approximate surface area is 105 Å². The molecule has 0 radical (unpaired) electrons. The summed E-state index contributed by atoms with van der Waals surface area (Å²) in [4.78, 5) is 4.59. The average molecular weight is 294 g/mol. The van der Waals surface area contributed by atoms with Crippen LogP contribution in [0.1, 0.15) is 5.69 Å². The van der Waals surface area contributed by atoms with Crippen LogP contribution in [-0.4, -0.2) is 15.2 Å². The first-order chi connectivity index (χ1) is 7.74. The van der Waals surface area contributed by atoms with E-state index in [9.17, 15) is 0 Å². The van der Waals surface area contributed by atoms with Crippen LogP contribution in [0.15, 0.2) is 28.9 Å². The van der Waals surface area contributed by atoms with Crippen molar-refractivity contribution in [1.82, 2.24) is 15.2 Å².